The molecule has 0 nitrogen and oxygen atoms in total. The normalized spacial score (nSPS) is 9.33. The van der Waals surface area contributed by atoms with E-state index in [2.05, 4.69) is 88.4 Å². The molecule has 24 heavy (non-hydrogen) atoms. The second kappa shape index (κ2) is 10.6. The first-order valence-corrected chi connectivity index (χ1v) is 8.39. The molecule has 0 saturated heterocycles. The molecule has 0 N–H and O–H groups in total. The van der Waals surface area contributed by atoms with Crippen LogP contribution in [-0.4, -0.2) is 0 Å². The SMILES string of the molecule is C.C.CCC.CCC.c1cc2ccc3cccc4ccc(c1)c2c34. The van der Waals surface area contributed by atoms with Gasteiger partial charge in [0.2, 0.25) is 0 Å². The maximum absolute atomic E-state index is 2.21. The third-order valence-electron chi connectivity index (χ3n) is 3.39. The largest absolute Gasteiger partial charge is 0.0776 e. The van der Waals surface area contributed by atoms with E-state index in [4.69, 9.17) is 0 Å². The van der Waals surface area contributed by atoms with Crippen molar-refractivity contribution in [2.75, 3.05) is 0 Å². The average molecular weight is 323 g/mol. The van der Waals surface area contributed by atoms with E-state index >= 15 is 0 Å². The van der Waals surface area contributed by atoms with Crippen molar-refractivity contribution < 1.29 is 0 Å². The van der Waals surface area contributed by atoms with Gasteiger partial charge in [0.1, 0.15) is 0 Å². The molecule has 0 heterocycles. The van der Waals surface area contributed by atoms with Gasteiger partial charge >= 0.3 is 0 Å². The summed E-state index contributed by atoms with van der Waals surface area (Å²) in [6.45, 7) is 8.50. The summed E-state index contributed by atoms with van der Waals surface area (Å²) in [5.41, 5.74) is 0. The molecule has 0 aliphatic carbocycles. The van der Waals surface area contributed by atoms with Gasteiger partial charge in [-0.3, -0.25) is 0 Å². The third kappa shape index (κ3) is 4.47. The number of hydrogen-bond acceptors (Lipinski definition) is 0. The first-order valence-electron chi connectivity index (χ1n) is 8.39. The maximum atomic E-state index is 2.21. The number of hydrogen-bond donors (Lipinski definition) is 0. The molecular weight excluding hydrogens is 288 g/mol. The van der Waals surface area contributed by atoms with Crippen molar-refractivity contribution >= 4 is 32.3 Å². The fraction of sp³-hybridized carbons (Fsp3) is 0.333. The summed E-state index contributed by atoms with van der Waals surface area (Å²) in [5, 5.41) is 8.14. The molecule has 130 valence electrons. The fourth-order valence-electron chi connectivity index (χ4n) is 2.67. The van der Waals surface area contributed by atoms with Crippen LogP contribution in [0.2, 0.25) is 0 Å². The molecule has 0 aromatic heterocycles. The number of benzene rings is 4. The van der Waals surface area contributed by atoms with E-state index in [1.807, 2.05) is 0 Å². The minimum Gasteiger partial charge on any atom is -0.0776 e. The van der Waals surface area contributed by atoms with Crippen molar-refractivity contribution in [3.8, 4) is 0 Å². The molecular formula is C24H34. The second-order valence-corrected chi connectivity index (χ2v) is 5.70. The van der Waals surface area contributed by atoms with Crippen LogP contribution in [0.15, 0.2) is 60.7 Å². The Bertz CT molecular complexity index is 695. The molecule has 0 unspecified atom stereocenters. The van der Waals surface area contributed by atoms with Gasteiger partial charge in [0.05, 0.1) is 0 Å². The summed E-state index contributed by atoms with van der Waals surface area (Å²) in [6, 6.07) is 21.9. The van der Waals surface area contributed by atoms with E-state index in [0.29, 0.717) is 0 Å². The van der Waals surface area contributed by atoms with Gasteiger partial charge in [-0.2, -0.15) is 0 Å². The lowest BCUT2D eigenvalue weighted by Gasteiger charge is -2.09. The Morgan fingerprint density at radius 1 is 0.458 bits per heavy atom. The maximum Gasteiger partial charge on any atom is -0.00268 e. The lowest BCUT2D eigenvalue weighted by molar-refractivity contribution is 1.09. The summed E-state index contributed by atoms with van der Waals surface area (Å²) in [6.07, 6.45) is 2.50. The highest BCUT2D eigenvalue weighted by Gasteiger charge is 2.05. The Morgan fingerprint density at radius 2 is 0.667 bits per heavy atom. The molecule has 0 heteroatoms. The van der Waals surface area contributed by atoms with Crippen LogP contribution in [0.5, 0.6) is 0 Å². The van der Waals surface area contributed by atoms with Gasteiger partial charge in [0.25, 0.3) is 0 Å². The highest BCUT2D eigenvalue weighted by atomic mass is 14.1. The van der Waals surface area contributed by atoms with Crippen LogP contribution in [0.25, 0.3) is 32.3 Å². The van der Waals surface area contributed by atoms with Crippen LogP contribution < -0.4 is 0 Å². The van der Waals surface area contributed by atoms with Gasteiger partial charge < -0.3 is 0 Å². The van der Waals surface area contributed by atoms with Crippen molar-refractivity contribution in [1.29, 1.82) is 0 Å². The Labute approximate surface area is 148 Å². The Kier molecular flexibility index (Phi) is 9.73. The predicted molar refractivity (Wildman–Crippen MR) is 116 cm³/mol. The van der Waals surface area contributed by atoms with E-state index in [1.165, 1.54) is 45.2 Å². The summed E-state index contributed by atoms with van der Waals surface area (Å²) < 4.78 is 0. The quantitative estimate of drug-likeness (QED) is 0.284. The lowest BCUT2D eigenvalue weighted by Crippen LogP contribution is -1.82. The molecule has 0 aliphatic rings. The van der Waals surface area contributed by atoms with Gasteiger partial charge in [-0.15, -0.1) is 0 Å². The van der Waals surface area contributed by atoms with E-state index in [-0.39, 0.29) is 14.9 Å². The molecule has 0 bridgehead atoms. The van der Waals surface area contributed by atoms with Crippen LogP contribution in [0.1, 0.15) is 55.4 Å². The van der Waals surface area contributed by atoms with Crippen molar-refractivity contribution in [2.45, 2.75) is 55.4 Å². The Hall–Kier alpha value is -2.08. The lowest BCUT2D eigenvalue weighted by atomic mass is 9.95. The van der Waals surface area contributed by atoms with Crippen LogP contribution in [0.4, 0.5) is 0 Å². The van der Waals surface area contributed by atoms with Gasteiger partial charge in [0, 0.05) is 0 Å². The smallest absolute Gasteiger partial charge is 0.00268 e. The fourth-order valence-corrected chi connectivity index (χ4v) is 2.67. The van der Waals surface area contributed by atoms with Gasteiger partial charge in [-0.25, -0.2) is 0 Å². The zero-order valence-corrected chi connectivity index (χ0v) is 14.2. The van der Waals surface area contributed by atoms with E-state index < -0.39 is 0 Å². The zero-order valence-electron chi connectivity index (χ0n) is 14.2. The highest BCUT2D eigenvalue weighted by molar-refractivity contribution is 6.22. The first kappa shape index (κ1) is 21.9. The summed E-state index contributed by atoms with van der Waals surface area (Å²) in [5.74, 6) is 0. The van der Waals surface area contributed by atoms with Gasteiger partial charge in [-0.1, -0.05) is 116 Å². The standard InChI is InChI=1S/C16H10.2C3H8.2CH4/c1-3-11-7-9-13-5-2-6-14-10-8-12(4-1)15(11)16(13)14;2*1-3-2;;/h1-10H;2*3H2,1-2H3;2*1H4. The second-order valence-electron chi connectivity index (χ2n) is 5.70. The van der Waals surface area contributed by atoms with Crippen molar-refractivity contribution in [2.24, 2.45) is 0 Å². The molecule has 0 spiro atoms. The van der Waals surface area contributed by atoms with Crippen LogP contribution in [0, 0.1) is 0 Å². The Balaban J connectivity index is 0.000000590. The molecule has 0 aliphatic heterocycles. The topological polar surface area (TPSA) is 0 Å². The summed E-state index contributed by atoms with van der Waals surface area (Å²) in [4.78, 5) is 0. The molecule has 0 amide bonds. The molecule has 0 radical (unpaired) electrons. The molecule has 0 fully saturated rings. The summed E-state index contributed by atoms with van der Waals surface area (Å²) in [7, 11) is 0. The Morgan fingerprint density at radius 3 is 0.875 bits per heavy atom. The van der Waals surface area contributed by atoms with Gasteiger partial charge in [-0.05, 0) is 32.3 Å². The zero-order chi connectivity index (χ0) is 15.9. The molecule has 4 aromatic carbocycles. The van der Waals surface area contributed by atoms with Crippen LogP contribution in [-0.2, 0) is 0 Å². The van der Waals surface area contributed by atoms with Crippen molar-refractivity contribution in [3.05, 3.63) is 60.7 Å². The molecule has 0 atom stereocenters. The average Bonchev–Trinajstić information content (AvgIpc) is 2.54. The molecule has 4 rings (SSSR count). The number of rotatable bonds is 0. The highest BCUT2D eigenvalue weighted by Crippen LogP contribution is 2.33. The minimum absolute atomic E-state index is 0. The third-order valence-corrected chi connectivity index (χ3v) is 3.39. The molecule has 0 saturated carbocycles. The minimum atomic E-state index is 0. The monoisotopic (exact) mass is 322 g/mol. The molecule has 4 aromatic rings. The van der Waals surface area contributed by atoms with E-state index in [1.54, 1.807) is 0 Å². The summed E-state index contributed by atoms with van der Waals surface area (Å²) >= 11 is 0. The predicted octanol–water partition coefficient (Wildman–Crippen LogP) is 8.69. The van der Waals surface area contributed by atoms with Gasteiger partial charge in [0.15, 0.2) is 0 Å². The van der Waals surface area contributed by atoms with E-state index in [9.17, 15) is 0 Å². The van der Waals surface area contributed by atoms with Crippen LogP contribution in [0.3, 0.4) is 0 Å². The van der Waals surface area contributed by atoms with Crippen molar-refractivity contribution in [1.82, 2.24) is 0 Å². The van der Waals surface area contributed by atoms with Crippen molar-refractivity contribution in [3.63, 3.8) is 0 Å². The van der Waals surface area contributed by atoms with Crippen LogP contribution >= 0.6 is 0 Å². The van der Waals surface area contributed by atoms with E-state index in [0.717, 1.165) is 0 Å². The first-order chi connectivity index (χ1) is 10.8.